The quantitative estimate of drug-likeness (QED) is 0.741. The zero-order valence-electron chi connectivity index (χ0n) is 8.26. The number of hydrogen-bond acceptors (Lipinski definition) is 2. The van der Waals surface area contributed by atoms with Gasteiger partial charge in [-0.2, -0.15) is 0 Å². The standard InChI is InChI=1S/C11H15ClN2/c1-11(13)7-14-6-10(11)8-2-4-9(12)5-3-8/h2-5,10,14H,6-7,13H2,1H3/t10-,11+/m0/s1. The first-order valence-electron chi connectivity index (χ1n) is 4.85. The molecule has 1 fully saturated rings. The normalized spacial score (nSPS) is 32.1. The number of rotatable bonds is 1. The molecule has 3 heteroatoms. The fraction of sp³-hybridized carbons (Fsp3) is 0.455. The van der Waals surface area contributed by atoms with Crippen LogP contribution in [-0.2, 0) is 0 Å². The zero-order chi connectivity index (χ0) is 10.2. The number of nitrogens with one attached hydrogen (secondary N) is 1. The molecule has 0 aromatic heterocycles. The van der Waals surface area contributed by atoms with E-state index in [9.17, 15) is 0 Å². The van der Waals surface area contributed by atoms with Crippen LogP contribution in [0.25, 0.3) is 0 Å². The van der Waals surface area contributed by atoms with Crippen LogP contribution in [0.15, 0.2) is 24.3 Å². The van der Waals surface area contributed by atoms with Gasteiger partial charge in [-0.05, 0) is 24.6 Å². The van der Waals surface area contributed by atoms with Gasteiger partial charge >= 0.3 is 0 Å². The molecular weight excluding hydrogens is 196 g/mol. The fourth-order valence-electron chi connectivity index (χ4n) is 2.04. The summed E-state index contributed by atoms with van der Waals surface area (Å²) < 4.78 is 0. The van der Waals surface area contributed by atoms with Crippen molar-refractivity contribution in [3.05, 3.63) is 34.9 Å². The number of nitrogens with two attached hydrogens (primary N) is 1. The van der Waals surface area contributed by atoms with Crippen molar-refractivity contribution in [2.45, 2.75) is 18.4 Å². The van der Waals surface area contributed by atoms with Crippen LogP contribution in [0.1, 0.15) is 18.4 Å². The van der Waals surface area contributed by atoms with E-state index in [4.69, 9.17) is 17.3 Å². The van der Waals surface area contributed by atoms with E-state index in [-0.39, 0.29) is 5.54 Å². The van der Waals surface area contributed by atoms with Gasteiger partial charge in [-0.25, -0.2) is 0 Å². The molecule has 1 heterocycles. The maximum Gasteiger partial charge on any atom is 0.0406 e. The van der Waals surface area contributed by atoms with Gasteiger partial charge in [-0.1, -0.05) is 23.7 Å². The first-order chi connectivity index (χ1) is 6.59. The van der Waals surface area contributed by atoms with Crippen molar-refractivity contribution in [1.29, 1.82) is 0 Å². The lowest BCUT2D eigenvalue weighted by molar-refractivity contribution is 0.462. The molecule has 14 heavy (non-hydrogen) atoms. The van der Waals surface area contributed by atoms with Crippen molar-refractivity contribution in [2.24, 2.45) is 5.73 Å². The van der Waals surface area contributed by atoms with Gasteiger partial charge in [0.15, 0.2) is 0 Å². The molecule has 1 aromatic rings. The highest BCUT2D eigenvalue weighted by molar-refractivity contribution is 6.30. The molecule has 1 aliphatic rings. The SMILES string of the molecule is C[C@@]1(N)CNC[C@H]1c1ccc(Cl)cc1. The minimum atomic E-state index is -0.145. The highest BCUT2D eigenvalue weighted by Gasteiger charge is 2.35. The monoisotopic (exact) mass is 210 g/mol. The Morgan fingerprint density at radius 2 is 2.07 bits per heavy atom. The smallest absolute Gasteiger partial charge is 0.0406 e. The molecule has 0 amide bonds. The molecule has 0 radical (unpaired) electrons. The fourth-order valence-corrected chi connectivity index (χ4v) is 2.16. The third kappa shape index (κ3) is 1.78. The predicted molar refractivity (Wildman–Crippen MR) is 59.7 cm³/mol. The summed E-state index contributed by atoms with van der Waals surface area (Å²) in [6.45, 7) is 3.92. The number of halogens is 1. The third-order valence-corrected chi connectivity index (χ3v) is 3.17. The Balaban J connectivity index is 2.27. The molecule has 2 atom stereocenters. The van der Waals surface area contributed by atoms with Crippen molar-refractivity contribution >= 4 is 11.6 Å². The van der Waals surface area contributed by atoms with Crippen LogP contribution in [0, 0.1) is 0 Å². The molecular formula is C11H15ClN2. The summed E-state index contributed by atoms with van der Waals surface area (Å²) >= 11 is 5.84. The highest BCUT2D eigenvalue weighted by Crippen LogP contribution is 2.29. The van der Waals surface area contributed by atoms with Gasteiger partial charge in [0.1, 0.15) is 0 Å². The second-order valence-corrected chi connectivity index (χ2v) is 4.68. The molecule has 0 spiro atoms. The lowest BCUT2D eigenvalue weighted by Gasteiger charge is -2.25. The van der Waals surface area contributed by atoms with Gasteiger partial charge in [-0.15, -0.1) is 0 Å². The molecule has 3 N–H and O–H groups in total. The summed E-state index contributed by atoms with van der Waals surface area (Å²) in [6, 6.07) is 7.97. The average molecular weight is 211 g/mol. The largest absolute Gasteiger partial charge is 0.324 e. The van der Waals surface area contributed by atoms with Gasteiger partial charge in [0.05, 0.1) is 0 Å². The Morgan fingerprint density at radius 3 is 2.57 bits per heavy atom. The van der Waals surface area contributed by atoms with Crippen molar-refractivity contribution in [3.8, 4) is 0 Å². The third-order valence-electron chi connectivity index (χ3n) is 2.92. The number of hydrogen-bond donors (Lipinski definition) is 2. The van der Waals surface area contributed by atoms with Gasteiger partial charge in [0, 0.05) is 29.6 Å². The van der Waals surface area contributed by atoms with Gasteiger partial charge < -0.3 is 11.1 Å². The molecule has 1 saturated heterocycles. The van der Waals surface area contributed by atoms with E-state index in [1.54, 1.807) is 0 Å². The minimum Gasteiger partial charge on any atom is -0.324 e. The van der Waals surface area contributed by atoms with Crippen LogP contribution < -0.4 is 11.1 Å². The van der Waals surface area contributed by atoms with E-state index >= 15 is 0 Å². The van der Waals surface area contributed by atoms with Crippen LogP contribution in [0.2, 0.25) is 5.02 Å². The van der Waals surface area contributed by atoms with Crippen LogP contribution in [0.5, 0.6) is 0 Å². The molecule has 0 saturated carbocycles. The molecule has 2 nitrogen and oxygen atoms in total. The Kier molecular flexibility index (Phi) is 2.52. The summed E-state index contributed by atoms with van der Waals surface area (Å²) in [5.41, 5.74) is 7.32. The van der Waals surface area contributed by atoms with Crippen LogP contribution in [-0.4, -0.2) is 18.6 Å². The minimum absolute atomic E-state index is 0.145. The summed E-state index contributed by atoms with van der Waals surface area (Å²) in [7, 11) is 0. The molecule has 2 rings (SSSR count). The molecule has 1 aromatic carbocycles. The van der Waals surface area contributed by atoms with Crippen molar-refractivity contribution in [3.63, 3.8) is 0 Å². The molecule has 0 bridgehead atoms. The Morgan fingerprint density at radius 1 is 1.43 bits per heavy atom. The molecule has 76 valence electrons. The second kappa shape index (κ2) is 3.54. The molecule has 1 aliphatic heterocycles. The van der Waals surface area contributed by atoms with Crippen LogP contribution in [0.4, 0.5) is 0 Å². The maximum absolute atomic E-state index is 6.20. The second-order valence-electron chi connectivity index (χ2n) is 4.24. The van der Waals surface area contributed by atoms with Crippen LogP contribution in [0.3, 0.4) is 0 Å². The highest BCUT2D eigenvalue weighted by atomic mass is 35.5. The van der Waals surface area contributed by atoms with E-state index in [1.807, 2.05) is 12.1 Å². The summed E-state index contributed by atoms with van der Waals surface area (Å²) in [5, 5.41) is 4.09. The number of benzene rings is 1. The van der Waals surface area contributed by atoms with Crippen molar-refractivity contribution < 1.29 is 0 Å². The molecule has 0 aliphatic carbocycles. The van der Waals surface area contributed by atoms with Gasteiger partial charge in [0.2, 0.25) is 0 Å². The first-order valence-corrected chi connectivity index (χ1v) is 5.22. The van der Waals surface area contributed by atoms with E-state index < -0.39 is 0 Å². The van der Waals surface area contributed by atoms with Crippen LogP contribution >= 0.6 is 11.6 Å². The zero-order valence-corrected chi connectivity index (χ0v) is 9.01. The van der Waals surface area contributed by atoms with E-state index in [0.29, 0.717) is 5.92 Å². The lowest BCUT2D eigenvalue weighted by Crippen LogP contribution is -2.42. The lowest BCUT2D eigenvalue weighted by atomic mass is 9.84. The Bertz CT molecular complexity index is 319. The van der Waals surface area contributed by atoms with Gasteiger partial charge in [-0.3, -0.25) is 0 Å². The van der Waals surface area contributed by atoms with E-state index in [2.05, 4.69) is 24.4 Å². The molecule has 0 unspecified atom stereocenters. The average Bonchev–Trinajstić information content (AvgIpc) is 2.47. The van der Waals surface area contributed by atoms with E-state index in [0.717, 1.165) is 18.1 Å². The Hall–Kier alpha value is -0.570. The van der Waals surface area contributed by atoms with Crippen molar-refractivity contribution in [2.75, 3.05) is 13.1 Å². The predicted octanol–water partition coefficient (Wildman–Crippen LogP) is 1.74. The van der Waals surface area contributed by atoms with E-state index in [1.165, 1.54) is 5.56 Å². The summed E-state index contributed by atoms with van der Waals surface area (Å²) in [5.74, 6) is 0.389. The first kappa shape index (κ1) is 9.97. The summed E-state index contributed by atoms with van der Waals surface area (Å²) in [6.07, 6.45) is 0. The topological polar surface area (TPSA) is 38.0 Å². The summed E-state index contributed by atoms with van der Waals surface area (Å²) in [4.78, 5) is 0. The Labute approximate surface area is 89.4 Å². The van der Waals surface area contributed by atoms with Crippen molar-refractivity contribution in [1.82, 2.24) is 5.32 Å². The van der Waals surface area contributed by atoms with Gasteiger partial charge in [0.25, 0.3) is 0 Å². The maximum atomic E-state index is 6.20.